The molecule has 0 aliphatic carbocycles. The highest BCUT2D eigenvalue weighted by atomic mass is 16.7. The van der Waals surface area contributed by atoms with E-state index in [4.69, 9.17) is 14.6 Å². The Morgan fingerprint density at radius 3 is 2.12 bits per heavy atom. The third-order valence-corrected chi connectivity index (χ3v) is 6.96. The highest BCUT2D eigenvalue weighted by Gasteiger charge is 2.53. The molecule has 0 radical (unpaired) electrons. The molecule has 4 amide bonds. The summed E-state index contributed by atoms with van der Waals surface area (Å²) in [5.74, 6) is -2.01. The first-order chi connectivity index (χ1) is 20.6. The van der Waals surface area contributed by atoms with E-state index in [0.29, 0.717) is 41.4 Å². The van der Waals surface area contributed by atoms with Crippen LogP contribution in [-0.2, 0) is 35.8 Å². The van der Waals surface area contributed by atoms with Crippen molar-refractivity contribution in [2.45, 2.75) is 45.4 Å². The number of nitrogens with zero attached hydrogens (tertiary/aromatic N) is 1. The van der Waals surface area contributed by atoms with Crippen LogP contribution in [0.15, 0.2) is 72.8 Å². The van der Waals surface area contributed by atoms with Crippen molar-refractivity contribution in [1.82, 2.24) is 5.32 Å². The lowest BCUT2D eigenvalue weighted by atomic mass is 9.87. The molecule has 0 bridgehead atoms. The number of benzene rings is 3. The SMILES string of the molecule is CCOC(CN1C(=O)C(CC(=O)Nc2ccc(CC(=O)O)cc2)(NC(=O)Nc2ccc(C)cc2)c2ccccc21)OCC. The number of aliphatic carboxylic acids is 1. The Labute approximate surface area is 250 Å². The number of nitrogens with one attached hydrogen (secondary N) is 3. The second-order valence-corrected chi connectivity index (χ2v) is 10.1. The fourth-order valence-corrected chi connectivity index (χ4v) is 5.04. The average Bonchev–Trinajstić information content (AvgIpc) is 3.18. The number of carboxylic acid groups (broad SMARTS) is 1. The molecule has 0 spiro atoms. The average molecular weight is 589 g/mol. The molecule has 1 heterocycles. The van der Waals surface area contributed by atoms with Crippen LogP contribution >= 0.6 is 0 Å². The Balaban J connectivity index is 1.66. The Kier molecular flexibility index (Phi) is 10.1. The molecule has 11 heteroatoms. The Bertz CT molecular complexity index is 1450. The first-order valence-electron chi connectivity index (χ1n) is 14.1. The molecule has 3 aromatic rings. The summed E-state index contributed by atoms with van der Waals surface area (Å²) < 4.78 is 11.4. The lowest BCUT2D eigenvalue weighted by Gasteiger charge is -2.30. The quantitative estimate of drug-likeness (QED) is 0.216. The van der Waals surface area contributed by atoms with Crippen molar-refractivity contribution in [2.24, 2.45) is 0 Å². The predicted octanol–water partition coefficient (Wildman–Crippen LogP) is 4.41. The largest absolute Gasteiger partial charge is 0.481 e. The Hall–Kier alpha value is -4.74. The number of carboxylic acids is 1. The molecule has 1 atom stereocenters. The second kappa shape index (κ2) is 14.0. The number of ether oxygens (including phenoxy) is 2. The van der Waals surface area contributed by atoms with Crippen molar-refractivity contribution < 1.29 is 33.8 Å². The minimum atomic E-state index is -1.75. The van der Waals surface area contributed by atoms with E-state index < -0.39 is 42.1 Å². The maximum absolute atomic E-state index is 14.3. The molecule has 43 heavy (non-hydrogen) atoms. The number of urea groups is 1. The van der Waals surface area contributed by atoms with Gasteiger partial charge in [-0.25, -0.2) is 4.79 Å². The van der Waals surface area contributed by atoms with Gasteiger partial charge in [-0.3, -0.25) is 14.4 Å². The molecule has 1 aliphatic heterocycles. The Morgan fingerprint density at radius 1 is 0.884 bits per heavy atom. The van der Waals surface area contributed by atoms with Crippen molar-refractivity contribution in [3.05, 3.63) is 89.5 Å². The smallest absolute Gasteiger partial charge is 0.320 e. The van der Waals surface area contributed by atoms with Gasteiger partial charge in [-0.2, -0.15) is 0 Å². The summed E-state index contributed by atoms with van der Waals surface area (Å²) in [4.78, 5) is 53.7. The molecule has 0 aromatic heterocycles. The number of rotatable bonds is 13. The number of carbonyl (C=O) groups is 4. The number of para-hydroxylation sites is 1. The summed E-state index contributed by atoms with van der Waals surface area (Å²) in [6.45, 7) is 6.36. The van der Waals surface area contributed by atoms with Crippen LogP contribution in [0.1, 0.15) is 37.0 Å². The first-order valence-corrected chi connectivity index (χ1v) is 14.1. The second-order valence-electron chi connectivity index (χ2n) is 10.1. The third kappa shape index (κ3) is 7.56. The molecule has 4 rings (SSSR count). The number of fused-ring (bicyclic) bond motifs is 1. The molecule has 3 aromatic carbocycles. The summed E-state index contributed by atoms with van der Waals surface area (Å²) in [7, 11) is 0. The summed E-state index contributed by atoms with van der Waals surface area (Å²) in [5.41, 5.74) is 1.76. The van der Waals surface area contributed by atoms with Crippen molar-refractivity contribution >= 4 is 40.9 Å². The van der Waals surface area contributed by atoms with Crippen LogP contribution in [0, 0.1) is 6.92 Å². The van der Waals surface area contributed by atoms with Gasteiger partial charge in [0.2, 0.25) is 5.91 Å². The van der Waals surface area contributed by atoms with Crippen molar-refractivity contribution in [3.8, 4) is 0 Å². The fraction of sp³-hybridized carbons (Fsp3) is 0.312. The monoisotopic (exact) mass is 588 g/mol. The van der Waals surface area contributed by atoms with Crippen LogP contribution in [0.5, 0.6) is 0 Å². The molecule has 4 N–H and O–H groups in total. The predicted molar refractivity (Wildman–Crippen MR) is 162 cm³/mol. The lowest BCUT2D eigenvalue weighted by Crippen LogP contribution is -2.56. The zero-order chi connectivity index (χ0) is 31.0. The molecule has 1 aliphatic rings. The zero-order valence-corrected chi connectivity index (χ0v) is 24.4. The number of aryl methyl sites for hydroxylation is 1. The highest BCUT2D eigenvalue weighted by Crippen LogP contribution is 2.43. The van der Waals surface area contributed by atoms with E-state index in [0.717, 1.165) is 5.56 Å². The molecular formula is C32H36N4O7. The summed E-state index contributed by atoms with van der Waals surface area (Å²) in [5, 5.41) is 17.4. The first kappa shape index (κ1) is 31.2. The van der Waals surface area contributed by atoms with Gasteiger partial charge in [0.05, 0.1) is 25.1 Å². The molecule has 0 fully saturated rings. The van der Waals surface area contributed by atoms with E-state index >= 15 is 0 Å². The van der Waals surface area contributed by atoms with E-state index in [1.807, 2.05) is 32.9 Å². The van der Waals surface area contributed by atoms with Gasteiger partial charge >= 0.3 is 12.0 Å². The molecular weight excluding hydrogens is 552 g/mol. The number of carbonyl (C=O) groups excluding carboxylic acids is 3. The molecule has 11 nitrogen and oxygen atoms in total. The maximum Gasteiger partial charge on any atom is 0.320 e. The highest BCUT2D eigenvalue weighted by molar-refractivity contribution is 6.12. The van der Waals surface area contributed by atoms with Gasteiger partial charge in [0.1, 0.15) is 0 Å². The molecule has 226 valence electrons. The minimum absolute atomic E-state index is 0.0488. The number of anilines is 3. The normalized spacial score (nSPS) is 15.7. The zero-order valence-electron chi connectivity index (χ0n) is 24.4. The van der Waals surface area contributed by atoms with Crippen molar-refractivity contribution in [1.29, 1.82) is 0 Å². The van der Waals surface area contributed by atoms with Gasteiger partial charge in [-0.05, 0) is 56.7 Å². The molecule has 1 unspecified atom stereocenters. The van der Waals surface area contributed by atoms with Crippen LogP contribution < -0.4 is 20.9 Å². The van der Waals surface area contributed by atoms with Gasteiger partial charge in [-0.15, -0.1) is 0 Å². The topological polar surface area (TPSA) is 146 Å². The lowest BCUT2D eigenvalue weighted by molar-refractivity contribution is -0.138. The summed E-state index contributed by atoms with van der Waals surface area (Å²) >= 11 is 0. The van der Waals surface area contributed by atoms with Crippen molar-refractivity contribution in [2.75, 3.05) is 35.3 Å². The third-order valence-electron chi connectivity index (χ3n) is 6.96. The minimum Gasteiger partial charge on any atom is -0.481 e. The van der Waals surface area contributed by atoms with E-state index in [2.05, 4.69) is 16.0 Å². The van der Waals surface area contributed by atoms with Crippen LogP contribution in [0.25, 0.3) is 0 Å². The molecule has 0 saturated carbocycles. The number of amides is 4. The van der Waals surface area contributed by atoms with Crippen LogP contribution in [0.3, 0.4) is 0 Å². The fourth-order valence-electron chi connectivity index (χ4n) is 5.04. The van der Waals surface area contributed by atoms with Crippen LogP contribution in [-0.4, -0.2) is 55.0 Å². The Morgan fingerprint density at radius 2 is 1.49 bits per heavy atom. The summed E-state index contributed by atoms with van der Waals surface area (Å²) in [6.07, 6.45) is -1.28. The van der Waals surface area contributed by atoms with E-state index in [1.54, 1.807) is 60.7 Å². The van der Waals surface area contributed by atoms with E-state index in [1.165, 1.54) is 4.90 Å². The standard InChI is InChI=1S/C32H36N4O7/c1-4-42-29(43-5-2)20-36-26-9-7-6-8-25(26)32(30(36)40,35-31(41)34-24-14-10-21(3)11-15-24)19-27(37)33-23-16-12-22(13-17-23)18-28(38)39/h6-17,29H,4-5,18-20H2,1-3H3,(H,33,37)(H,38,39)(H2,34,35,41). The van der Waals surface area contributed by atoms with E-state index in [9.17, 15) is 19.2 Å². The van der Waals surface area contributed by atoms with Gasteiger partial charge in [0.15, 0.2) is 11.8 Å². The van der Waals surface area contributed by atoms with Crippen LogP contribution in [0.2, 0.25) is 0 Å². The number of hydrogen-bond donors (Lipinski definition) is 4. The summed E-state index contributed by atoms with van der Waals surface area (Å²) in [6, 6.07) is 19.9. The maximum atomic E-state index is 14.3. The van der Waals surface area contributed by atoms with Crippen molar-refractivity contribution in [3.63, 3.8) is 0 Å². The van der Waals surface area contributed by atoms with Crippen LogP contribution in [0.4, 0.5) is 21.9 Å². The van der Waals surface area contributed by atoms with Gasteiger partial charge in [0.25, 0.3) is 5.91 Å². The van der Waals surface area contributed by atoms with Gasteiger partial charge < -0.3 is 35.4 Å². The number of hydrogen-bond acceptors (Lipinski definition) is 6. The molecule has 0 saturated heterocycles. The van der Waals surface area contributed by atoms with Gasteiger partial charge in [-0.1, -0.05) is 48.0 Å². The van der Waals surface area contributed by atoms with Gasteiger partial charge in [0, 0.05) is 30.2 Å². The van der Waals surface area contributed by atoms with E-state index in [-0.39, 0.29) is 13.0 Å².